The lowest BCUT2D eigenvalue weighted by Crippen LogP contribution is -2.39. The lowest BCUT2D eigenvalue weighted by atomic mass is 9.71. The van der Waals surface area contributed by atoms with Gasteiger partial charge in [0.1, 0.15) is 0 Å². The van der Waals surface area contributed by atoms with Crippen LogP contribution in [0.5, 0.6) is 0 Å². The van der Waals surface area contributed by atoms with Crippen molar-refractivity contribution in [1.29, 1.82) is 0 Å². The van der Waals surface area contributed by atoms with Crippen molar-refractivity contribution in [1.82, 2.24) is 4.90 Å². The van der Waals surface area contributed by atoms with Crippen LogP contribution in [0, 0.1) is 41.4 Å². The predicted octanol–water partition coefficient (Wildman–Crippen LogP) is 5.85. The highest BCUT2D eigenvalue weighted by molar-refractivity contribution is 4.92. The Kier molecular flexibility index (Phi) is 8.82. The van der Waals surface area contributed by atoms with Crippen molar-refractivity contribution in [2.45, 2.75) is 97.6 Å². The molecule has 0 bridgehead atoms. The zero-order chi connectivity index (χ0) is 22.8. The molecule has 1 aliphatic carbocycles. The fourth-order valence-electron chi connectivity index (χ4n) is 6.84. The number of alkyl halides is 2. The largest absolute Gasteiger partial charge is 0.396 e. The zero-order valence-corrected chi connectivity index (χ0v) is 20.5. The minimum Gasteiger partial charge on any atom is -0.396 e. The summed E-state index contributed by atoms with van der Waals surface area (Å²) in [5, 5.41) is 10.3. The summed E-state index contributed by atoms with van der Waals surface area (Å²) in [6.45, 7) is 14.6. The molecule has 3 fully saturated rings. The summed E-state index contributed by atoms with van der Waals surface area (Å²) in [7, 11) is 0. The summed E-state index contributed by atoms with van der Waals surface area (Å²) < 4.78 is 32.5. The number of likely N-dealkylation sites (tertiary alicyclic amines) is 1. The Balaban J connectivity index is 1.49. The number of halogens is 2. The molecule has 182 valence electrons. The fraction of sp³-hybridized carbons (Fsp3) is 1.00. The van der Waals surface area contributed by atoms with E-state index in [9.17, 15) is 13.9 Å². The van der Waals surface area contributed by atoms with Gasteiger partial charge in [0.25, 0.3) is 0 Å². The first-order chi connectivity index (χ1) is 14.6. The van der Waals surface area contributed by atoms with Gasteiger partial charge in [-0.1, -0.05) is 34.6 Å². The minimum atomic E-state index is -2.43. The summed E-state index contributed by atoms with van der Waals surface area (Å²) in [6, 6.07) is 0.681. The quantitative estimate of drug-likeness (QED) is 0.434. The second-order valence-corrected chi connectivity index (χ2v) is 11.6. The van der Waals surface area contributed by atoms with Crippen LogP contribution in [-0.2, 0) is 4.74 Å². The molecule has 3 aliphatic rings. The molecule has 0 aromatic carbocycles. The van der Waals surface area contributed by atoms with E-state index in [1.165, 1.54) is 25.8 Å². The van der Waals surface area contributed by atoms with Crippen LogP contribution in [0.4, 0.5) is 8.78 Å². The topological polar surface area (TPSA) is 32.7 Å². The van der Waals surface area contributed by atoms with E-state index in [0.717, 1.165) is 31.9 Å². The monoisotopic (exact) mass is 443 g/mol. The van der Waals surface area contributed by atoms with E-state index in [2.05, 4.69) is 39.5 Å². The molecule has 1 N–H and O–H groups in total. The highest BCUT2D eigenvalue weighted by atomic mass is 19.3. The molecule has 2 heterocycles. The molecule has 3 rings (SSSR count). The van der Waals surface area contributed by atoms with E-state index in [1.807, 2.05) is 0 Å². The molecule has 7 atom stereocenters. The fourth-order valence-corrected chi connectivity index (χ4v) is 6.84. The van der Waals surface area contributed by atoms with Gasteiger partial charge in [-0.25, -0.2) is 8.78 Å². The number of nitrogens with zero attached hydrogens (tertiary/aromatic N) is 1. The smallest absolute Gasteiger partial charge is 0.248 e. The van der Waals surface area contributed by atoms with E-state index >= 15 is 0 Å². The van der Waals surface area contributed by atoms with Crippen LogP contribution in [0.2, 0.25) is 0 Å². The number of aliphatic hydroxyl groups is 1. The Morgan fingerprint density at radius 3 is 2.35 bits per heavy atom. The molecular weight excluding hydrogens is 396 g/mol. The van der Waals surface area contributed by atoms with Gasteiger partial charge in [0.05, 0.1) is 12.7 Å². The van der Waals surface area contributed by atoms with Gasteiger partial charge in [0, 0.05) is 25.5 Å². The number of hydrogen-bond donors (Lipinski definition) is 1. The molecule has 0 aromatic heterocycles. The van der Waals surface area contributed by atoms with E-state index in [4.69, 9.17) is 4.74 Å². The first-order valence-corrected chi connectivity index (χ1v) is 13.0. The lowest BCUT2D eigenvalue weighted by molar-refractivity contribution is -0.127. The molecule has 0 aromatic rings. The SMILES string of the molecule is CCN1CCC(CC(C)C(CO)C2COC(CC(C)C3CC(F)(F)C3)C2)C1CC(C)C. The molecule has 31 heavy (non-hydrogen) atoms. The van der Waals surface area contributed by atoms with Crippen LogP contribution in [0.1, 0.15) is 79.6 Å². The second-order valence-electron chi connectivity index (χ2n) is 11.6. The van der Waals surface area contributed by atoms with Crippen molar-refractivity contribution in [2.24, 2.45) is 41.4 Å². The first kappa shape index (κ1) is 25.4. The Hall–Kier alpha value is -0.260. The van der Waals surface area contributed by atoms with Crippen LogP contribution in [0.15, 0.2) is 0 Å². The van der Waals surface area contributed by atoms with E-state index in [0.29, 0.717) is 29.7 Å². The zero-order valence-electron chi connectivity index (χ0n) is 20.5. The van der Waals surface area contributed by atoms with Crippen molar-refractivity contribution >= 4 is 0 Å². The second kappa shape index (κ2) is 10.8. The van der Waals surface area contributed by atoms with Crippen LogP contribution in [0.25, 0.3) is 0 Å². The number of rotatable bonds is 11. The molecule has 3 nitrogen and oxygen atoms in total. The van der Waals surface area contributed by atoms with Gasteiger partial charge in [0.15, 0.2) is 0 Å². The molecule has 2 saturated heterocycles. The summed E-state index contributed by atoms with van der Waals surface area (Å²) in [4.78, 5) is 2.66. The van der Waals surface area contributed by atoms with Crippen LogP contribution < -0.4 is 0 Å². The molecule has 2 aliphatic heterocycles. The Morgan fingerprint density at radius 2 is 1.77 bits per heavy atom. The Labute approximate surface area is 189 Å². The number of ether oxygens (including phenoxy) is 1. The molecule has 5 heteroatoms. The van der Waals surface area contributed by atoms with Crippen LogP contribution >= 0.6 is 0 Å². The Morgan fingerprint density at radius 1 is 1.06 bits per heavy atom. The van der Waals surface area contributed by atoms with Crippen molar-refractivity contribution in [3.05, 3.63) is 0 Å². The molecule has 1 saturated carbocycles. The third-order valence-electron chi connectivity index (χ3n) is 8.81. The summed E-state index contributed by atoms with van der Waals surface area (Å²) in [5.74, 6) is 0.606. The number of hydrogen-bond acceptors (Lipinski definition) is 3. The number of aliphatic hydroxyl groups excluding tert-OH is 1. The normalized spacial score (nSPS) is 34.7. The molecule has 7 unspecified atom stereocenters. The highest BCUT2D eigenvalue weighted by Crippen LogP contribution is 2.48. The summed E-state index contributed by atoms with van der Waals surface area (Å²) in [6.07, 6.45) is 5.86. The van der Waals surface area contributed by atoms with Crippen LogP contribution in [0.3, 0.4) is 0 Å². The standard InChI is InChI=1S/C26H47F2NO2/c1-6-29-8-7-20(25(29)9-17(2)3)10-19(5)24(15-30)21-12-23(31-16-21)11-18(4)22-13-26(27,28)14-22/h17-25,30H,6-16H2,1-5H3. The predicted molar refractivity (Wildman–Crippen MR) is 122 cm³/mol. The Bertz CT molecular complexity index is 550. The molecule has 0 spiro atoms. The minimum absolute atomic E-state index is 0.0499. The van der Waals surface area contributed by atoms with Gasteiger partial charge in [-0.3, -0.25) is 0 Å². The summed E-state index contributed by atoms with van der Waals surface area (Å²) >= 11 is 0. The van der Waals surface area contributed by atoms with Gasteiger partial charge in [-0.2, -0.15) is 0 Å². The third kappa shape index (κ3) is 6.41. The van der Waals surface area contributed by atoms with Gasteiger partial charge >= 0.3 is 0 Å². The molecule has 0 amide bonds. The maximum atomic E-state index is 13.2. The first-order valence-electron chi connectivity index (χ1n) is 13.0. The van der Waals surface area contributed by atoms with Gasteiger partial charge < -0.3 is 14.7 Å². The van der Waals surface area contributed by atoms with E-state index in [-0.39, 0.29) is 37.4 Å². The van der Waals surface area contributed by atoms with Gasteiger partial charge in [-0.15, -0.1) is 0 Å². The maximum Gasteiger partial charge on any atom is 0.248 e. The van der Waals surface area contributed by atoms with E-state index in [1.54, 1.807) is 0 Å². The molecule has 0 radical (unpaired) electrons. The van der Waals surface area contributed by atoms with Crippen molar-refractivity contribution in [2.75, 3.05) is 26.3 Å². The van der Waals surface area contributed by atoms with Gasteiger partial charge in [-0.05, 0) is 86.6 Å². The highest BCUT2D eigenvalue weighted by Gasteiger charge is 2.48. The van der Waals surface area contributed by atoms with Crippen molar-refractivity contribution < 1.29 is 18.6 Å². The van der Waals surface area contributed by atoms with E-state index < -0.39 is 5.92 Å². The third-order valence-corrected chi connectivity index (χ3v) is 8.81. The van der Waals surface area contributed by atoms with Crippen LogP contribution in [-0.4, -0.2) is 54.4 Å². The lowest BCUT2D eigenvalue weighted by Gasteiger charge is -2.39. The summed E-state index contributed by atoms with van der Waals surface area (Å²) in [5.41, 5.74) is 0. The average molecular weight is 444 g/mol. The average Bonchev–Trinajstić information content (AvgIpc) is 3.27. The van der Waals surface area contributed by atoms with Crippen molar-refractivity contribution in [3.63, 3.8) is 0 Å². The van der Waals surface area contributed by atoms with Crippen molar-refractivity contribution in [3.8, 4) is 0 Å². The molecular formula is C26H47F2NO2. The maximum absolute atomic E-state index is 13.2. The van der Waals surface area contributed by atoms with Gasteiger partial charge in [0.2, 0.25) is 5.92 Å².